The van der Waals surface area contributed by atoms with Crippen LogP contribution in [0.2, 0.25) is 0 Å². The summed E-state index contributed by atoms with van der Waals surface area (Å²) in [5.41, 5.74) is 2.82. The van der Waals surface area contributed by atoms with E-state index in [0.717, 1.165) is 29.7 Å². The third-order valence-corrected chi connectivity index (χ3v) is 8.08. The molecule has 0 saturated heterocycles. The lowest BCUT2D eigenvalue weighted by Gasteiger charge is -2.59. The van der Waals surface area contributed by atoms with Gasteiger partial charge in [-0.25, -0.2) is 0 Å². The van der Waals surface area contributed by atoms with Gasteiger partial charge in [0.1, 0.15) is 11.6 Å². The number of benzene rings is 1. The molecule has 1 amide bonds. The Hall–Kier alpha value is -2.28. The molecular formula is C26H35N3O. The van der Waals surface area contributed by atoms with Crippen LogP contribution >= 0.6 is 0 Å². The fourth-order valence-electron chi connectivity index (χ4n) is 6.64. The molecule has 1 aromatic rings. The summed E-state index contributed by atoms with van der Waals surface area (Å²) in [5, 5.41) is 16.0. The number of aryl methyl sites for hydroxylation is 1. The lowest BCUT2D eigenvalue weighted by molar-refractivity contribution is -0.117. The van der Waals surface area contributed by atoms with E-state index in [2.05, 4.69) is 42.7 Å². The van der Waals surface area contributed by atoms with Crippen LogP contribution in [0, 0.1) is 34.5 Å². The Morgan fingerprint density at radius 1 is 1.13 bits per heavy atom. The third-order valence-electron chi connectivity index (χ3n) is 8.08. The van der Waals surface area contributed by atoms with Gasteiger partial charge in [0, 0.05) is 12.2 Å². The normalized spacial score (nSPS) is 31.7. The first-order valence-electron chi connectivity index (χ1n) is 11.7. The van der Waals surface area contributed by atoms with Gasteiger partial charge in [-0.1, -0.05) is 31.2 Å². The van der Waals surface area contributed by atoms with Gasteiger partial charge in [-0.3, -0.25) is 4.79 Å². The molecule has 4 aliphatic rings. The summed E-state index contributed by atoms with van der Waals surface area (Å²) in [5.74, 6) is 2.37. The van der Waals surface area contributed by atoms with Crippen molar-refractivity contribution in [2.24, 2.45) is 23.2 Å². The summed E-state index contributed by atoms with van der Waals surface area (Å²) in [7, 11) is 0. The number of nitrogens with zero attached hydrogens (tertiary/aromatic N) is 1. The molecule has 4 fully saturated rings. The molecular weight excluding hydrogens is 370 g/mol. The first-order valence-corrected chi connectivity index (χ1v) is 11.7. The first kappa shape index (κ1) is 21.0. The van der Waals surface area contributed by atoms with Gasteiger partial charge in [-0.2, -0.15) is 5.26 Å². The van der Waals surface area contributed by atoms with Crippen LogP contribution in [0.4, 0.5) is 0 Å². The average molecular weight is 406 g/mol. The van der Waals surface area contributed by atoms with Crippen LogP contribution in [0.25, 0.3) is 0 Å². The predicted octanol–water partition coefficient (Wildman–Crippen LogP) is 5.03. The van der Waals surface area contributed by atoms with Gasteiger partial charge >= 0.3 is 0 Å². The lowest BCUT2D eigenvalue weighted by Crippen LogP contribution is -2.54. The predicted molar refractivity (Wildman–Crippen MR) is 119 cm³/mol. The molecule has 5 rings (SSSR count). The molecule has 2 N–H and O–H groups in total. The molecule has 30 heavy (non-hydrogen) atoms. The second-order valence-electron chi connectivity index (χ2n) is 10.1. The van der Waals surface area contributed by atoms with E-state index in [4.69, 9.17) is 0 Å². The van der Waals surface area contributed by atoms with E-state index in [1.165, 1.54) is 44.1 Å². The summed E-state index contributed by atoms with van der Waals surface area (Å²) in [6, 6.07) is 10.5. The smallest absolute Gasteiger partial charge is 0.263 e. The monoisotopic (exact) mass is 405 g/mol. The van der Waals surface area contributed by atoms with E-state index in [1.807, 2.05) is 19.1 Å². The van der Waals surface area contributed by atoms with Gasteiger partial charge < -0.3 is 10.6 Å². The fraction of sp³-hybridized carbons (Fsp3) is 0.615. The van der Waals surface area contributed by atoms with Crippen molar-refractivity contribution in [3.63, 3.8) is 0 Å². The highest BCUT2D eigenvalue weighted by Gasteiger charge is 2.53. The molecule has 4 bridgehead atoms. The van der Waals surface area contributed by atoms with Crippen LogP contribution in [0.5, 0.6) is 0 Å². The Balaban J connectivity index is 1.38. The first-order chi connectivity index (χ1) is 14.4. The molecule has 4 aliphatic carbocycles. The third kappa shape index (κ3) is 4.13. The zero-order valence-corrected chi connectivity index (χ0v) is 18.6. The minimum absolute atomic E-state index is 0.138. The van der Waals surface area contributed by atoms with Crippen molar-refractivity contribution in [3.8, 4) is 6.07 Å². The van der Waals surface area contributed by atoms with Crippen molar-refractivity contribution >= 4 is 5.91 Å². The molecule has 0 aliphatic heterocycles. The van der Waals surface area contributed by atoms with Gasteiger partial charge in [-0.15, -0.1) is 0 Å². The molecule has 1 aromatic carbocycles. The van der Waals surface area contributed by atoms with Crippen molar-refractivity contribution in [1.82, 2.24) is 10.6 Å². The van der Waals surface area contributed by atoms with Gasteiger partial charge in [0.25, 0.3) is 5.91 Å². The fourth-order valence-corrected chi connectivity index (χ4v) is 6.64. The van der Waals surface area contributed by atoms with Crippen LogP contribution in [-0.4, -0.2) is 11.9 Å². The number of rotatable bonds is 7. The summed E-state index contributed by atoms with van der Waals surface area (Å²) >= 11 is 0. The van der Waals surface area contributed by atoms with E-state index in [-0.39, 0.29) is 17.5 Å². The molecule has 0 radical (unpaired) electrons. The Bertz CT molecular complexity index is 813. The molecule has 4 heteroatoms. The number of carbonyl (C=O) groups is 1. The standard InChI is InChI=1S/C26H35N3O/c1-4-19-5-7-23(8-6-19)17(2)29-25(30)24(15-27)16-28-18(3)26-12-20-9-21(13-26)11-22(10-20)14-26/h5-8,16-18,20-22,28H,4,9-14H2,1-3H3,(H,29,30)/b24-16-. The molecule has 0 spiro atoms. The van der Waals surface area contributed by atoms with E-state index in [0.29, 0.717) is 11.5 Å². The Kier molecular flexibility index (Phi) is 5.91. The number of hydrogen-bond acceptors (Lipinski definition) is 3. The molecule has 2 atom stereocenters. The molecule has 0 heterocycles. The van der Waals surface area contributed by atoms with Gasteiger partial charge in [0.05, 0.1) is 6.04 Å². The number of nitrogens with one attached hydrogen (secondary N) is 2. The summed E-state index contributed by atoms with van der Waals surface area (Å²) in [6.45, 7) is 6.33. The van der Waals surface area contributed by atoms with Gasteiger partial charge in [0.15, 0.2) is 0 Å². The highest BCUT2D eigenvalue weighted by atomic mass is 16.1. The second-order valence-corrected chi connectivity index (χ2v) is 10.1. The molecule has 4 nitrogen and oxygen atoms in total. The van der Waals surface area contributed by atoms with Crippen molar-refractivity contribution < 1.29 is 4.79 Å². The molecule has 4 saturated carbocycles. The maximum absolute atomic E-state index is 12.7. The zero-order chi connectivity index (χ0) is 21.3. The topological polar surface area (TPSA) is 64.9 Å². The van der Waals surface area contributed by atoms with E-state index < -0.39 is 0 Å². The van der Waals surface area contributed by atoms with Crippen LogP contribution < -0.4 is 10.6 Å². The van der Waals surface area contributed by atoms with Crippen LogP contribution in [0.1, 0.15) is 76.5 Å². The SMILES string of the molecule is CCc1ccc(C(C)NC(=O)/C(C#N)=C\NC(C)C23CC4CC(CC(C4)C2)C3)cc1. The highest BCUT2D eigenvalue weighted by molar-refractivity contribution is 5.97. The number of carbonyl (C=O) groups excluding carboxylic acids is 1. The summed E-state index contributed by atoms with van der Waals surface area (Å²) < 4.78 is 0. The Morgan fingerprint density at radius 2 is 1.70 bits per heavy atom. The molecule has 2 unspecified atom stereocenters. The molecule has 160 valence electrons. The Labute approximate surface area is 181 Å². The largest absolute Gasteiger partial charge is 0.387 e. The van der Waals surface area contributed by atoms with E-state index >= 15 is 0 Å². The maximum atomic E-state index is 12.7. The minimum atomic E-state index is -0.310. The highest BCUT2D eigenvalue weighted by Crippen LogP contribution is 2.61. The van der Waals surface area contributed by atoms with Crippen molar-refractivity contribution in [2.45, 2.75) is 77.8 Å². The van der Waals surface area contributed by atoms with Gasteiger partial charge in [0.2, 0.25) is 0 Å². The van der Waals surface area contributed by atoms with Crippen molar-refractivity contribution in [3.05, 3.63) is 47.2 Å². The quantitative estimate of drug-likeness (QED) is 0.494. The molecule has 0 aromatic heterocycles. The minimum Gasteiger partial charge on any atom is -0.387 e. The summed E-state index contributed by atoms with van der Waals surface area (Å²) in [4.78, 5) is 12.7. The average Bonchev–Trinajstić information content (AvgIpc) is 2.73. The Morgan fingerprint density at radius 3 is 2.20 bits per heavy atom. The number of hydrogen-bond donors (Lipinski definition) is 2. The van der Waals surface area contributed by atoms with Crippen molar-refractivity contribution in [1.29, 1.82) is 5.26 Å². The van der Waals surface area contributed by atoms with Crippen LogP contribution in [-0.2, 0) is 11.2 Å². The zero-order valence-electron chi connectivity index (χ0n) is 18.6. The number of nitriles is 1. The van der Waals surface area contributed by atoms with Crippen molar-refractivity contribution in [2.75, 3.05) is 0 Å². The summed E-state index contributed by atoms with van der Waals surface area (Å²) in [6.07, 6.45) is 10.8. The number of amides is 1. The maximum Gasteiger partial charge on any atom is 0.263 e. The lowest BCUT2D eigenvalue weighted by atomic mass is 9.48. The van der Waals surface area contributed by atoms with E-state index in [1.54, 1.807) is 6.20 Å². The van der Waals surface area contributed by atoms with E-state index in [9.17, 15) is 10.1 Å². The van der Waals surface area contributed by atoms with Gasteiger partial charge in [-0.05, 0) is 93.1 Å². The second kappa shape index (κ2) is 8.46. The van der Waals surface area contributed by atoms with Crippen LogP contribution in [0.3, 0.4) is 0 Å². The van der Waals surface area contributed by atoms with Crippen LogP contribution in [0.15, 0.2) is 36.0 Å².